The minimum Gasteiger partial charge on any atom is -0.356 e. The maximum atomic E-state index is 15.4. The van der Waals surface area contributed by atoms with Crippen molar-refractivity contribution >= 4 is 33.8 Å². The molecule has 1 N–H and O–H groups in total. The molecule has 12 heteroatoms. The fourth-order valence-electron chi connectivity index (χ4n) is 6.48. The number of amides is 1. The largest absolute Gasteiger partial charge is 0.393 e. The predicted molar refractivity (Wildman–Crippen MR) is 182 cm³/mol. The number of pyridine rings is 1. The Labute approximate surface area is 283 Å². The summed E-state index contributed by atoms with van der Waals surface area (Å²) in [4.78, 5) is 20.1. The molecular weight excluding hydrogens is 636 g/mol. The van der Waals surface area contributed by atoms with E-state index in [1.54, 1.807) is 85.6 Å². The van der Waals surface area contributed by atoms with Crippen LogP contribution in [0.25, 0.3) is 22.0 Å². The van der Waals surface area contributed by atoms with Crippen LogP contribution in [-0.4, -0.2) is 78.1 Å². The van der Waals surface area contributed by atoms with Gasteiger partial charge in [0.05, 0.1) is 17.3 Å². The van der Waals surface area contributed by atoms with Crippen LogP contribution in [0.1, 0.15) is 55.0 Å². The first-order valence-corrected chi connectivity index (χ1v) is 16.5. The highest BCUT2D eigenvalue weighted by Gasteiger charge is 2.32. The van der Waals surface area contributed by atoms with Gasteiger partial charge in [-0.3, -0.25) is 4.79 Å². The molecule has 8 nitrogen and oxygen atoms in total. The van der Waals surface area contributed by atoms with E-state index >= 15 is 4.39 Å². The highest BCUT2D eigenvalue weighted by molar-refractivity contribution is 6.00. The number of allylic oxidation sites excluding steroid dienone is 1. The van der Waals surface area contributed by atoms with Gasteiger partial charge in [-0.05, 0) is 72.2 Å². The molecule has 258 valence electrons. The number of carbonyl (C=O) groups is 1. The summed E-state index contributed by atoms with van der Waals surface area (Å²) < 4.78 is 65.5. The van der Waals surface area contributed by atoms with E-state index in [1.807, 2.05) is 6.07 Å². The molecular formula is C37H40F4N6O2. The molecule has 2 fully saturated rings. The zero-order valence-corrected chi connectivity index (χ0v) is 27.6. The summed E-state index contributed by atoms with van der Waals surface area (Å²) in [6.45, 7) is 2.56. The maximum Gasteiger partial charge on any atom is 0.393 e. The standard InChI is InChI=1S/C37H40F4N6O2/c1-45(2)33(48)11-8-18-42-28-17-19-46(24-28)32-16-14-27(23-43-32)35(30(22-37(39,40)41)25-9-4-3-5-10-25)26-13-15-31-29(21-26)36(38)44-47(31)34-12-6-7-20-49-34/h3-5,8-11,13-16,21,23,28,34,42H,6-7,12,17-20,22,24H2,1-2H3/b11-8+,35-30-/t28-,34?/m1/s1. The van der Waals surface area contributed by atoms with Gasteiger partial charge in [-0.1, -0.05) is 42.5 Å². The molecule has 0 spiro atoms. The van der Waals surface area contributed by atoms with Gasteiger partial charge in [0.1, 0.15) is 5.82 Å². The molecule has 6 rings (SSSR count). The second-order valence-electron chi connectivity index (χ2n) is 12.7. The van der Waals surface area contributed by atoms with Crippen LogP contribution in [0.4, 0.5) is 23.4 Å². The summed E-state index contributed by atoms with van der Waals surface area (Å²) in [7, 11) is 3.40. The number of halogens is 4. The van der Waals surface area contributed by atoms with Crippen LogP contribution in [0, 0.1) is 5.95 Å². The average Bonchev–Trinajstić information content (AvgIpc) is 3.71. The van der Waals surface area contributed by atoms with E-state index in [0.29, 0.717) is 59.7 Å². The lowest BCUT2D eigenvalue weighted by molar-refractivity contribution is -0.124. The number of benzene rings is 2. The van der Waals surface area contributed by atoms with Crippen LogP contribution in [0.2, 0.25) is 0 Å². The van der Waals surface area contributed by atoms with Crippen molar-refractivity contribution in [1.82, 2.24) is 25.0 Å². The molecule has 49 heavy (non-hydrogen) atoms. The van der Waals surface area contributed by atoms with Crippen LogP contribution in [-0.2, 0) is 9.53 Å². The Balaban J connectivity index is 1.33. The molecule has 2 aromatic heterocycles. The number of carbonyl (C=O) groups excluding carboxylic acids is 1. The van der Waals surface area contributed by atoms with Gasteiger partial charge in [0.15, 0.2) is 6.23 Å². The molecule has 2 aliphatic heterocycles. The number of aromatic nitrogens is 3. The van der Waals surface area contributed by atoms with Gasteiger partial charge < -0.3 is 19.9 Å². The van der Waals surface area contributed by atoms with E-state index in [2.05, 4.69) is 15.3 Å². The van der Waals surface area contributed by atoms with Crippen molar-refractivity contribution in [2.75, 3.05) is 45.2 Å². The minimum atomic E-state index is -4.51. The SMILES string of the molecule is CN(C)C(=O)/C=C/CN[C@@H]1CCN(c2ccc(/C(=C(/CC(F)(F)F)c3ccccc3)c3ccc4c(c3)c(F)nn4C3CCCCO3)cn2)C1. The first-order valence-electron chi connectivity index (χ1n) is 16.5. The van der Waals surface area contributed by atoms with Crippen molar-refractivity contribution in [1.29, 1.82) is 0 Å². The van der Waals surface area contributed by atoms with E-state index in [4.69, 9.17) is 9.72 Å². The Morgan fingerprint density at radius 1 is 1.04 bits per heavy atom. The second kappa shape index (κ2) is 14.9. The Kier molecular flexibility index (Phi) is 10.4. The van der Waals surface area contributed by atoms with E-state index < -0.39 is 24.8 Å². The summed E-state index contributed by atoms with van der Waals surface area (Å²) >= 11 is 0. The first kappa shape index (κ1) is 34.3. The summed E-state index contributed by atoms with van der Waals surface area (Å²) in [6.07, 6.45) is 2.29. The number of fused-ring (bicyclic) bond motifs is 1. The number of hydrogen-bond acceptors (Lipinski definition) is 6. The summed E-state index contributed by atoms with van der Waals surface area (Å²) in [5.41, 5.74) is 2.25. The Bertz CT molecular complexity index is 1810. The van der Waals surface area contributed by atoms with Crippen LogP contribution in [0.5, 0.6) is 0 Å². The molecule has 2 atom stereocenters. The third-order valence-corrected chi connectivity index (χ3v) is 8.95. The second-order valence-corrected chi connectivity index (χ2v) is 12.7. The lowest BCUT2D eigenvalue weighted by atomic mass is 9.88. The number of rotatable bonds is 10. The molecule has 4 aromatic rings. The molecule has 1 amide bonds. The Morgan fingerprint density at radius 3 is 2.53 bits per heavy atom. The van der Waals surface area contributed by atoms with Crippen LogP contribution in [0.15, 0.2) is 79.0 Å². The minimum absolute atomic E-state index is 0.0663. The molecule has 4 heterocycles. The number of likely N-dealkylation sites (N-methyl/N-ethyl adjacent to an activating group) is 1. The third kappa shape index (κ3) is 8.19. The first-order chi connectivity index (χ1) is 23.6. The van der Waals surface area contributed by atoms with Gasteiger partial charge >= 0.3 is 6.18 Å². The summed E-state index contributed by atoms with van der Waals surface area (Å²) in [5.74, 6) is -0.0710. The highest BCUT2D eigenvalue weighted by Crippen LogP contribution is 2.41. The summed E-state index contributed by atoms with van der Waals surface area (Å²) in [6, 6.07) is 17.3. The fraction of sp³-hybridized carbons (Fsp3) is 0.378. The number of hydrogen-bond donors (Lipinski definition) is 1. The predicted octanol–water partition coefficient (Wildman–Crippen LogP) is 6.99. The van der Waals surface area contributed by atoms with E-state index in [0.717, 1.165) is 25.8 Å². The normalized spacial score (nSPS) is 19.1. The number of anilines is 1. The molecule has 0 radical (unpaired) electrons. The van der Waals surface area contributed by atoms with E-state index in [-0.39, 0.29) is 22.9 Å². The topological polar surface area (TPSA) is 75.5 Å². The van der Waals surface area contributed by atoms with Crippen LogP contribution >= 0.6 is 0 Å². The van der Waals surface area contributed by atoms with Crippen molar-refractivity contribution in [3.05, 3.63) is 102 Å². The molecule has 0 aliphatic carbocycles. The van der Waals surface area contributed by atoms with Gasteiger partial charge in [0.2, 0.25) is 11.9 Å². The Morgan fingerprint density at radius 2 is 1.84 bits per heavy atom. The van der Waals surface area contributed by atoms with E-state index in [1.165, 1.54) is 11.0 Å². The molecule has 2 aliphatic rings. The van der Waals surface area contributed by atoms with Crippen molar-refractivity contribution in [3.63, 3.8) is 0 Å². The van der Waals surface area contributed by atoms with Gasteiger partial charge in [-0.15, -0.1) is 5.10 Å². The van der Waals surface area contributed by atoms with Crippen LogP contribution < -0.4 is 10.2 Å². The molecule has 0 saturated carbocycles. The number of alkyl halides is 3. The lowest BCUT2D eigenvalue weighted by Crippen LogP contribution is -2.33. The average molecular weight is 677 g/mol. The lowest BCUT2D eigenvalue weighted by Gasteiger charge is -2.23. The maximum absolute atomic E-state index is 15.4. The van der Waals surface area contributed by atoms with Gasteiger partial charge in [-0.2, -0.15) is 17.6 Å². The Hall–Kier alpha value is -4.55. The number of nitrogens with one attached hydrogen (secondary N) is 1. The molecule has 1 unspecified atom stereocenters. The number of ether oxygens (including phenoxy) is 1. The smallest absolute Gasteiger partial charge is 0.356 e. The monoisotopic (exact) mass is 676 g/mol. The van der Waals surface area contributed by atoms with Crippen molar-refractivity contribution in [2.45, 2.75) is 50.6 Å². The van der Waals surface area contributed by atoms with Crippen molar-refractivity contribution < 1.29 is 27.1 Å². The highest BCUT2D eigenvalue weighted by atomic mass is 19.4. The van der Waals surface area contributed by atoms with Gasteiger partial charge in [-0.25, -0.2) is 9.67 Å². The molecule has 2 saturated heterocycles. The van der Waals surface area contributed by atoms with E-state index in [9.17, 15) is 18.0 Å². The van der Waals surface area contributed by atoms with Crippen LogP contribution in [0.3, 0.4) is 0 Å². The van der Waals surface area contributed by atoms with Gasteiger partial charge in [0.25, 0.3) is 0 Å². The molecule has 0 bridgehead atoms. The fourth-order valence-corrected chi connectivity index (χ4v) is 6.48. The summed E-state index contributed by atoms with van der Waals surface area (Å²) in [5, 5.41) is 7.78. The molecule has 2 aromatic carbocycles. The van der Waals surface area contributed by atoms with Crippen molar-refractivity contribution in [2.24, 2.45) is 0 Å². The quantitative estimate of drug-likeness (QED) is 0.111. The number of nitrogens with zero attached hydrogens (tertiary/aromatic N) is 5. The zero-order chi connectivity index (χ0) is 34.5. The van der Waals surface area contributed by atoms with Gasteiger partial charge in [0, 0.05) is 64.2 Å². The third-order valence-electron chi connectivity index (χ3n) is 8.95. The van der Waals surface area contributed by atoms with Crippen molar-refractivity contribution in [3.8, 4) is 0 Å². The zero-order valence-electron chi connectivity index (χ0n) is 27.6.